The van der Waals surface area contributed by atoms with Crippen LogP contribution in [0.5, 0.6) is 0 Å². The van der Waals surface area contributed by atoms with E-state index in [0.717, 1.165) is 0 Å². The number of carbonyl (C=O) groups is 3. The van der Waals surface area contributed by atoms with Crippen LogP contribution in [-0.4, -0.2) is 22.8 Å². The van der Waals surface area contributed by atoms with E-state index in [-0.39, 0.29) is 17.7 Å². The van der Waals surface area contributed by atoms with Crippen molar-refractivity contribution >= 4 is 29.1 Å². The molecule has 0 saturated carbocycles. The SMILES string of the molecule is Nc1ccc2c(c1)C(=O)NC2=O.Nc1ccc2c(c1)C(O)NC2=O. The summed E-state index contributed by atoms with van der Waals surface area (Å²) < 4.78 is 0. The molecule has 8 heteroatoms. The van der Waals surface area contributed by atoms with Crippen molar-refractivity contribution in [2.24, 2.45) is 0 Å². The summed E-state index contributed by atoms with van der Waals surface area (Å²) in [6.45, 7) is 0. The average Bonchev–Trinajstić information content (AvgIpc) is 2.96. The van der Waals surface area contributed by atoms with Crippen LogP contribution in [0.15, 0.2) is 36.4 Å². The molecule has 0 fully saturated rings. The Labute approximate surface area is 136 Å². The molecule has 2 aromatic carbocycles. The molecule has 24 heavy (non-hydrogen) atoms. The summed E-state index contributed by atoms with van der Waals surface area (Å²) in [4.78, 5) is 33.1. The molecule has 0 aromatic heterocycles. The third-order valence-electron chi connectivity index (χ3n) is 3.64. The lowest BCUT2D eigenvalue weighted by Crippen LogP contribution is -2.19. The number of nitrogen functional groups attached to an aromatic ring is 2. The summed E-state index contributed by atoms with van der Waals surface area (Å²) in [5.74, 6) is -0.977. The minimum Gasteiger partial charge on any atom is -0.399 e. The Kier molecular flexibility index (Phi) is 3.66. The van der Waals surface area contributed by atoms with Gasteiger partial charge >= 0.3 is 0 Å². The monoisotopic (exact) mass is 326 g/mol. The minimum atomic E-state index is -0.906. The Hall–Kier alpha value is -3.39. The molecule has 2 aromatic rings. The van der Waals surface area contributed by atoms with E-state index >= 15 is 0 Å². The van der Waals surface area contributed by atoms with Gasteiger partial charge in [0.15, 0.2) is 6.23 Å². The molecule has 2 aliphatic rings. The lowest BCUT2D eigenvalue weighted by atomic mass is 10.1. The molecular formula is C16H14N4O4. The van der Waals surface area contributed by atoms with Gasteiger partial charge < -0.3 is 21.9 Å². The highest BCUT2D eigenvalue weighted by atomic mass is 16.3. The number of carbonyl (C=O) groups excluding carboxylic acids is 3. The van der Waals surface area contributed by atoms with E-state index in [0.29, 0.717) is 33.6 Å². The number of imide groups is 1. The molecule has 0 aliphatic carbocycles. The van der Waals surface area contributed by atoms with E-state index < -0.39 is 6.23 Å². The number of rotatable bonds is 0. The van der Waals surface area contributed by atoms with Crippen molar-refractivity contribution in [3.05, 3.63) is 58.7 Å². The molecule has 8 nitrogen and oxygen atoms in total. The molecule has 4 rings (SSSR count). The molecule has 7 N–H and O–H groups in total. The summed E-state index contributed by atoms with van der Waals surface area (Å²) in [5, 5.41) is 13.8. The average molecular weight is 326 g/mol. The number of benzene rings is 2. The zero-order valence-corrected chi connectivity index (χ0v) is 12.4. The van der Waals surface area contributed by atoms with E-state index in [1.54, 1.807) is 30.3 Å². The topological polar surface area (TPSA) is 148 Å². The maximum absolute atomic E-state index is 11.1. The van der Waals surface area contributed by atoms with E-state index in [9.17, 15) is 19.5 Å². The van der Waals surface area contributed by atoms with Gasteiger partial charge in [0.2, 0.25) is 0 Å². The standard InChI is InChI=1S/C8H8N2O2.C8H6N2O2/c2*9-4-1-2-5-6(3-4)8(12)10-7(5)11/h1-3,8,12H,9H2,(H,10,11);1-3H,9H2,(H,10,11,12). The number of hydrogen-bond acceptors (Lipinski definition) is 6. The number of aliphatic hydroxyl groups excluding tert-OH is 1. The van der Waals surface area contributed by atoms with E-state index in [4.69, 9.17) is 11.5 Å². The summed E-state index contributed by atoms with van der Waals surface area (Å²) >= 11 is 0. The highest BCUT2D eigenvalue weighted by molar-refractivity contribution is 6.21. The molecule has 2 heterocycles. The molecular weight excluding hydrogens is 312 g/mol. The Morgan fingerprint density at radius 3 is 2.08 bits per heavy atom. The quantitative estimate of drug-likeness (QED) is 0.344. The molecule has 0 spiro atoms. The van der Waals surface area contributed by atoms with Crippen LogP contribution >= 0.6 is 0 Å². The van der Waals surface area contributed by atoms with Gasteiger partial charge in [0.1, 0.15) is 0 Å². The number of amides is 3. The van der Waals surface area contributed by atoms with Gasteiger partial charge in [-0.2, -0.15) is 0 Å². The Morgan fingerprint density at radius 2 is 1.38 bits per heavy atom. The van der Waals surface area contributed by atoms with Gasteiger partial charge in [0.25, 0.3) is 17.7 Å². The van der Waals surface area contributed by atoms with Crippen LogP contribution in [0, 0.1) is 0 Å². The molecule has 0 radical (unpaired) electrons. The lowest BCUT2D eigenvalue weighted by molar-refractivity contribution is 0.0845. The summed E-state index contributed by atoms with van der Waals surface area (Å²) in [7, 11) is 0. The van der Waals surface area contributed by atoms with Gasteiger partial charge in [-0.3, -0.25) is 19.7 Å². The van der Waals surface area contributed by atoms with Crippen molar-refractivity contribution in [2.75, 3.05) is 11.5 Å². The zero-order chi connectivity index (χ0) is 17.4. The number of anilines is 2. The molecule has 1 atom stereocenters. The Balaban J connectivity index is 0.000000141. The fourth-order valence-corrected chi connectivity index (χ4v) is 2.48. The first-order chi connectivity index (χ1) is 11.4. The largest absolute Gasteiger partial charge is 0.399 e. The summed E-state index contributed by atoms with van der Waals surface area (Å²) in [6.07, 6.45) is -0.906. The van der Waals surface area contributed by atoms with Crippen LogP contribution in [0.2, 0.25) is 0 Å². The molecule has 122 valence electrons. The smallest absolute Gasteiger partial charge is 0.259 e. The van der Waals surface area contributed by atoms with Gasteiger partial charge in [0, 0.05) is 22.5 Å². The second kappa shape index (κ2) is 5.67. The summed E-state index contributed by atoms with van der Waals surface area (Å²) in [6, 6.07) is 9.47. The van der Waals surface area contributed by atoms with Crippen LogP contribution < -0.4 is 22.1 Å². The third-order valence-corrected chi connectivity index (χ3v) is 3.64. The maximum Gasteiger partial charge on any atom is 0.259 e. The van der Waals surface area contributed by atoms with E-state index in [1.807, 2.05) is 0 Å². The van der Waals surface area contributed by atoms with Crippen LogP contribution in [0.4, 0.5) is 11.4 Å². The fourth-order valence-electron chi connectivity index (χ4n) is 2.48. The van der Waals surface area contributed by atoms with Gasteiger partial charge in [-0.05, 0) is 36.4 Å². The first-order valence-electron chi connectivity index (χ1n) is 7.00. The molecule has 3 amide bonds. The number of fused-ring (bicyclic) bond motifs is 2. The van der Waals surface area contributed by atoms with Crippen molar-refractivity contribution in [1.29, 1.82) is 0 Å². The van der Waals surface area contributed by atoms with Crippen molar-refractivity contribution in [3.63, 3.8) is 0 Å². The van der Waals surface area contributed by atoms with Gasteiger partial charge in [-0.15, -0.1) is 0 Å². The first-order valence-corrected chi connectivity index (χ1v) is 7.00. The van der Waals surface area contributed by atoms with Crippen LogP contribution in [0.25, 0.3) is 0 Å². The molecule has 0 saturated heterocycles. The fraction of sp³-hybridized carbons (Fsp3) is 0.0625. The van der Waals surface area contributed by atoms with Gasteiger partial charge in [-0.1, -0.05) is 0 Å². The highest BCUT2D eigenvalue weighted by Crippen LogP contribution is 2.24. The van der Waals surface area contributed by atoms with Crippen LogP contribution in [0.3, 0.4) is 0 Å². The molecule has 0 bridgehead atoms. The number of hydrogen-bond donors (Lipinski definition) is 5. The molecule has 1 unspecified atom stereocenters. The zero-order valence-electron chi connectivity index (χ0n) is 12.4. The number of nitrogens with two attached hydrogens (primary N) is 2. The van der Waals surface area contributed by atoms with Gasteiger partial charge in [-0.25, -0.2) is 0 Å². The predicted octanol–water partition coefficient (Wildman–Crippen LogP) is 0.155. The Bertz CT molecular complexity index is 878. The predicted molar refractivity (Wildman–Crippen MR) is 85.9 cm³/mol. The highest BCUT2D eigenvalue weighted by Gasteiger charge is 2.27. The van der Waals surface area contributed by atoms with Crippen LogP contribution in [0.1, 0.15) is 42.9 Å². The van der Waals surface area contributed by atoms with Crippen molar-refractivity contribution in [1.82, 2.24) is 10.6 Å². The van der Waals surface area contributed by atoms with Crippen molar-refractivity contribution in [2.45, 2.75) is 6.23 Å². The molecule has 2 aliphatic heterocycles. The van der Waals surface area contributed by atoms with E-state index in [1.165, 1.54) is 6.07 Å². The normalized spacial score (nSPS) is 17.4. The first kappa shape index (κ1) is 15.5. The third kappa shape index (κ3) is 2.66. The lowest BCUT2D eigenvalue weighted by Gasteiger charge is -2.02. The van der Waals surface area contributed by atoms with Gasteiger partial charge in [0.05, 0.1) is 11.1 Å². The summed E-state index contributed by atoms with van der Waals surface area (Å²) in [5.41, 5.74) is 13.8. The number of aliphatic hydroxyl groups is 1. The number of nitrogens with one attached hydrogen (secondary N) is 2. The maximum atomic E-state index is 11.1. The Morgan fingerprint density at radius 1 is 0.792 bits per heavy atom. The second-order valence-electron chi connectivity index (χ2n) is 5.31. The second-order valence-corrected chi connectivity index (χ2v) is 5.31. The van der Waals surface area contributed by atoms with Crippen molar-refractivity contribution < 1.29 is 19.5 Å². The van der Waals surface area contributed by atoms with E-state index in [2.05, 4.69) is 10.6 Å². The van der Waals surface area contributed by atoms with Crippen LogP contribution in [-0.2, 0) is 0 Å². The van der Waals surface area contributed by atoms with Crippen molar-refractivity contribution in [3.8, 4) is 0 Å². The minimum absolute atomic E-state index is 0.252.